The lowest BCUT2D eigenvalue weighted by Crippen LogP contribution is -2.51. The molecule has 1 atom stereocenters. The van der Waals surface area contributed by atoms with Crippen molar-refractivity contribution >= 4 is 29.1 Å². The van der Waals surface area contributed by atoms with Gasteiger partial charge in [0.1, 0.15) is 11.8 Å². The summed E-state index contributed by atoms with van der Waals surface area (Å²) in [6.07, 6.45) is 4.34. The first kappa shape index (κ1) is 23.4. The van der Waals surface area contributed by atoms with Crippen molar-refractivity contribution in [2.75, 3.05) is 11.5 Å². The molecule has 9 heteroatoms. The standard InChI is InChI=1S/C25H27N3O6/c1-2-34-21-14-12-19(13-15-21)27-23(29)16-22(25(27)31)26(18-6-4-3-5-7-18)24(30)17-8-10-20(11-9-17)28(32)33/h8-15,18,22H,2-7,16H2,1H3. The summed E-state index contributed by atoms with van der Waals surface area (Å²) in [5.74, 6) is -0.549. The Kier molecular flexibility index (Phi) is 6.90. The van der Waals surface area contributed by atoms with Crippen molar-refractivity contribution < 1.29 is 24.0 Å². The topological polar surface area (TPSA) is 110 Å². The summed E-state index contributed by atoms with van der Waals surface area (Å²) in [6, 6.07) is 11.0. The summed E-state index contributed by atoms with van der Waals surface area (Å²) in [6.45, 7) is 2.37. The average Bonchev–Trinajstić information content (AvgIpc) is 3.14. The zero-order chi connectivity index (χ0) is 24.2. The van der Waals surface area contributed by atoms with Gasteiger partial charge in [0.2, 0.25) is 5.91 Å². The highest BCUT2D eigenvalue weighted by atomic mass is 16.6. The van der Waals surface area contributed by atoms with E-state index in [1.807, 2.05) is 6.92 Å². The smallest absolute Gasteiger partial charge is 0.269 e. The molecule has 0 spiro atoms. The first-order valence-corrected chi connectivity index (χ1v) is 11.6. The van der Waals surface area contributed by atoms with Gasteiger partial charge in [0, 0.05) is 23.7 Å². The molecule has 34 heavy (non-hydrogen) atoms. The Morgan fingerprint density at radius 2 is 1.71 bits per heavy atom. The van der Waals surface area contributed by atoms with Crippen molar-refractivity contribution in [3.63, 3.8) is 0 Å². The third kappa shape index (κ3) is 4.64. The van der Waals surface area contributed by atoms with Crippen molar-refractivity contribution in [2.45, 2.75) is 57.5 Å². The van der Waals surface area contributed by atoms with E-state index in [1.54, 1.807) is 29.2 Å². The minimum absolute atomic E-state index is 0.0960. The van der Waals surface area contributed by atoms with E-state index in [9.17, 15) is 24.5 Å². The van der Waals surface area contributed by atoms with Gasteiger partial charge in [-0.15, -0.1) is 0 Å². The van der Waals surface area contributed by atoms with Gasteiger partial charge in [-0.25, -0.2) is 4.90 Å². The van der Waals surface area contributed by atoms with Gasteiger partial charge in [0.15, 0.2) is 0 Å². The van der Waals surface area contributed by atoms with Crippen molar-refractivity contribution in [1.82, 2.24) is 4.90 Å². The number of nitrogens with zero attached hydrogens (tertiary/aromatic N) is 3. The molecule has 2 aromatic carbocycles. The number of hydrogen-bond acceptors (Lipinski definition) is 6. The first-order valence-electron chi connectivity index (χ1n) is 11.6. The van der Waals surface area contributed by atoms with Gasteiger partial charge in [-0.05, 0) is 56.2 Å². The average molecular weight is 466 g/mol. The van der Waals surface area contributed by atoms with Crippen LogP contribution in [0.15, 0.2) is 48.5 Å². The molecule has 1 saturated carbocycles. The van der Waals surface area contributed by atoms with Crippen molar-refractivity contribution in [3.8, 4) is 5.75 Å². The number of rotatable bonds is 7. The number of hydrogen-bond donors (Lipinski definition) is 0. The molecule has 9 nitrogen and oxygen atoms in total. The molecule has 2 aromatic rings. The fourth-order valence-electron chi connectivity index (χ4n) is 4.76. The van der Waals surface area contributed by atoms with Gasteiger partial charge in [-0.3, -0.25) is 24.5 Å². The molecule has 3 amide bonds. The van der Waals surface area contributed by atoms with Crippen LogP contribution in [0, 0.1) is 10.1 Å². The molecule has 0 aromatic heterocycles. The quantitative estimate of drug-likeness (QED) is 0.346. The number of ether oxygens (including phenoxy) is 1. The molecular formula is C25H27N3O6. The highest BCUT2D eigenvalue weighted by molar-refractivity contribution is 6.23. The van der Waals surface area contributed by atoms with Crippen LogP contribution in [0.3, 0.4) is 0 Å². The fraction of sp³-hybridized carbons (Fsp3) is 0.400. The minimum Gasteiger partial charge on any atom is -0.494 e. The molecule has 2 aliphatic rings. The molecule has 0 radical (unpaired) electrons. The summed E-state index contributed by atoms with van der Waals surface area (Å²) in [7, 11) is 0. The predicted molar refractivity (Wildman–Crippen MR) is 125 cm³/mol. The third-order valence-electron chi connectivity index (χ3n) is 6.39. The Hall–Kier alpha value is -3.75. The Balaban J connectivity index is 1.63. The first-order chi connectivity index (χ1) is 16.4. The molecule has 1 heterocycles. The molecule has 2 fully saturated rings. The zero-order valence-electron chi connectivity index (χ0n) is 19.0. The Morgan fingerprint density at radius 1 is 1.06 bits per heavy atom. The molecule has 0 N–H and O–H groups in total. The monoisotopic (exact) mass is 465 g/mol. The van der Waals surface area contributed by atoms with E-state index in [0.717, 1.165) is 37.0 Å². The van der Waals surface area contributed by atoms with Gasteiger partial charge < -0.3 is 9.64 Å². The molecule has 4 rings (SSSR count). The number of imide groups is 1. The van der Waals surface area contributed by atoms with Gasteiger partial charge in [0.05, 0.1) is 23.6 Å². The van der Waals surface area contributed by atoms with Gasteiger partial charge in [0.25, 0.3) is 17.5 Å². The maximum Gasteiger partial charge on any atom is 0.269 e. The molecule has 178 valence electrons. The minimum atomic E-state index is -0.912. The highest BCUT2D eigenvalue weighted by Crippen LogP contribution is 2.33. The second-order valence-electron chi connectivity index (χ2n) is 8.52. The van der Waals surface area contributed by atoms with Crippen LogP contribution in [0.25, 0.3) is 0 Å². The summed E-state index contributed by atoms with van der Waals surface area (Å²) in [5, 5.41) is 11.0. The lowest BCUT2D eigenvalue weighted by molar-refractivity contribution is -0.384. The number of carbonyl (C=O) groups is 3. The predicted octanol–water partition coefficient (Wildman–Crippen LogP) is 4.10. The SMILES string of the molecule is CCOc1ccc(N2C(=O)CC(N(C(=O)c3ccc([N+](=O)[O-])cc3)C3CCCCC3)C2=O)cc1. The number of carbonyl (C=O) groups excluding carboxylic acids is 3. The van der Waals surface area contributed by atoms with E-state index in [4.69, 9.17) is 4.74 Å². The lowest BCUT2D eigenvalue weighted by atomic mass is 9.92. The van der Waals surface area contributed by atoms with Crippen LogP contribution in [0.4, 0.5) is 11.4 Å². The Morgan fingerprint density at radius 3 is 2.29 bits per heavy atom. The molecule has 1 aliphatic carbocycles. The van der Waals surface area contributed by atoms with Crippen LogP contribution in [0.2, 0.25) is 0 Å². The summed E-state index contributed by atoms with van der Waals surface area (Å²) < 4.78 is 5.44. The summed E-state index contributed by atoms with van der Waals surface area (Å²) >= 11 is 0. The number of non-ortho nitro benzene ring substituents is 1. The van der Waals surface area contributed by atoms with E-state index in [-0.39, 0.29) is 35.5 Å². The fourth-order valence-corrected chi connectivity index (χ4v) is 4.76. The number of benzene rings is 2. The largest absolute Gasteiger partial charge is 0.494 e. The van der Waals surface area contributed by atoms with Gasteiger partial charge in [-0.1, -0.05) is 19.3 Å². The summed E-state index contributed by atoms with van der Waals surface area (Å²) in [5.41, 5.74) is 0.581. The second kappa shape index (κ2) is 10.0. The number of anilines is 1. The maximum atomic E-state index is 13.6. The van der Waals surface area contributed by atoms with Crippen LogP contribution >= 0.6 is 0 Å². The number of nitro benzene ring substituents is 1. The van der Waals surface area contributed by atoms with E-state index in [2.05, 4.69) is 0 Å². The summed E-state index contributed by atoms with van der Waals surface area (Å²) in [4.78, 5) is 53.2. The van der Waals surface area contributed by atoms with E-state index in [0.29, 0.717) is 18.0 Å². The lowest BCUT2D eigenvalue weighted by Gasteiger charge is -2.37. The van der Waals surface area contributed by atoms with Crippen LogP contribution in [0.5, 0.6) is 5.75 Å². The van der Waals surface area contributed by atoms with Crippen molar-refractivity contribution in [1.29, 1.82) is 0 Å². The molecule has 1 unspecified atom stereocenters. The number of amides is 3. The van der Waals surface area contributed by atoms with Gasteiger partial charge >= 0.3 is 0 Å². The van der Waals surface area contributed by atoms with Gasteiger partial charge in [-0.2, -0.15) is 0 Å². The Bertz CT molecular complexity index is 1080. The molecular weight excluding hydrogens is 438 g/mol. The highest BCUT2D eigenvalue weighted by Gasteiger charge is 2.46. The van der Waals surface area contributed by atoms with Crippen molar-refractivity contribution in [3.05, 3.63) is 64.2 Å². The normalized spacial score (nSPS) is 18.7. The van der Waals surface area contributed by atoms with Crippen LogP contribution in [-0.2, 0) is 9.59 Å². The maximum absolute atomic E-state index is 13.6. The zero-order valence-corrected chi connectivity index (χ0v) is 19.0. The second-order valence-corrected chi connectivity index (χ2v) is 8.52. The van der Waals surface area contributed by atoms with E-state index in [1.165, 1.54) is 24.3 Å². The van der Waals surface area contributed by atoms with Crippen LogP contribution in [0.1, 0.15) is 55.8 Å². The van der Waals surface area contributed by atoms with Crippen molar-refractivity contribution in [2.24, 2.45) is 0 Å². The van der Waals surface area contributed by atoms with Crippen LogP contribution in [-0.4, -0.2) is 46.2 Å². The molecule has 1 saturated heterocycles. The third-order valence-corrected chi connectivity index (χ3v) is 6.39. The number of nitro groups is 1. The van der Waals surface area contributed by atoms with E-state index >= 15 is 0 Å². The molecule has 0 bridgehead atoms. The van der Waals surface area contributed by atoms with Crippen LogP contribution < -0.4 is 9.64 Å². The van der Waals surface area contributed by atoms with E-state index < -0.39 is 16.9 Å². The molecule has 1 aliphatic heterocycles. The Labute approximate surface area is 197 Å².